The SMILES string of the molecule is CCN(CC)C1(C(NC)c2cccnc2N)CCCC1. The number of hydrogen-bond donors (Lipinski definition) is 2. The Morgan fingerprint density at radius 1 is 1.35 bits per heavy atom. The summed E-state index contributed by atoms with van der Waals surface area (Å²) in [5.41, 5.74) is 7.46. The standard InChI is InChI=1S/C16H28N4/c1-4-20(5-2)16(10-6-7-11-16)14(18-3)13-9-8-12-19-15(13)17/h8-9,12,14,18H,4-7,10-11H2,1-3H3,(H2,17,19). The minimum atomic E-state index is 0.176. The molecule has 1 aromatic heterocycles. The van der Waals surface area contributed by atoms with Crippen LogP contribution < -0.4 is 11.1 Å². The first-order valence-corrected chi connectivity index (χ1v) is 7.82. The van der Waals surface area contributed by atoms with E-state index in [2.05, 4.69) is 35.1 Å². The van der Waals surface area contributed by atoms with Crippen molar-refractivity contribution in [2.24, 2.45) is 0 Å². The molecule has 1 aromatic rings. The van der Waals surface area contributed by atoms with E-state index in [0.717, 1.165) is 18.7 Å². The second-order valence-corrected chi connectivity index (χ2v) is 5.68. The van der Waals surface area contributed by atoms with Crippen LogP contribution in [0.4, 0.5) is 5.82 Å². The summed E-state index contributed by atoms with van der Waals surface area (Å²) in [7, 11) is 2.04. The summed E-state index contributed by atoms with van der Waals surface area (Å²) in [6.07, 6.45) is 6.83. The molecule has 4 heteroatoms. The number of hydrogen-bond acceptors (Lipinski definition) is 4. The molecule has 0 bridgehead atoms. The average molecular weight is 276 g/mol. The van der Waals surface area contributed by atoms with Crippen molar-refractivity contribution in [2.75, 3.05) is 25.9 Å². The van der Waals surface area contributed by atoms with E-state index in [1.165, 1.54) is 25.7 Å². The maximum atomic E-state index is 6.14. The quantitative estimate of drug-likeness (QED) is 0.838. The van der Waals surface area contributed by atoms with Gasteiger partial charge in [-0.05, 0) is 39.0 Å². The van der Waals surface area contributed by atoms with E-state index < -0.39 is 0 Å². The number of pyridine rings is 1. The summed E-state index contributed by atoms with van der Waals surface area (Å²) in [6, 6.07) is 4.35. The first-order chi connectivity index (χ1) is 9.69. The molecule has 4 nitrogen and oxygen atoms in total. The number of nitrogens with two attached hydrogens (primary N) is 1. The Morgan fingerprint density at radius 3 is 2.50 bits per heavy atom. The third kappa shape index (κ3) is 2.54. The highest BCUT2D eigenvalue weighted by atomic mass is 15.2. The van der Waals surface area contributed by atoms with Crippen LogP contribution in [0.5, 0.6) is 0 Å². The Kier molecular flexibility index (Phi) is 5.00. The number of anilines is 1. The van der Waals surface area contributed by atoms with Gasteiger partial charge in [-0.1, -0.05) is 32.8 Å². The van der Waals surface area contributed by atoms with Gasteiger partial charge in [0.1, 0.15) is 5.82 Å². The zero-order valence-electron chi connectivity index (χ0n) is 13.0. The summed E-state index contributed by atoms with van der Waals surface area (Å²) >= 11 is 0. The van der Waals surface area contributed by atoms with Gasteiger partial charge in [-0.3, -0.25) is 4.90 Å². The second kappa shape index (κ2) is 6.55. The molecule has 0 aromatic carbocycles. The third-order valence-corrected chi connectivity index (χ3v) is 4.87. The predicted molar refractivity (Wildman–Crippen MR) is 84.6 cm³/mol. The van der Waals surface area contributed by atoms with Gasteiger partial charge in [-0.15, -0.1) is 0 Å². The number of aromatic nitrogens is 1. The van der Waals surface area contributed by atoms with Crippen LogP contribution in [-0.4, -0.2) is 35.6 Å². The Labute approximate surface area is 122 Å². The van der Waals surface area contributed by atoms with Crippen LogP contribution in [0.25, 0.3) is 0 Å². The number of nitrogen functional groups attached to an aromatic ring is 1. The average Bonchev–Trinajstić information content (AvgIpc) is 2.93. The molecule has 1 aliphatic rings. The van der Waals surface area contributed by atoms with Crippen molar-refractivity contribution in [3.05, 3.63) is 23.9 Å². The molecular formula is C16H28N4. The van der Waals surface area contributed by atoms with Crippen LogP contribution >= 0.6 is 0 Å². The highest BCUT2D eigenvalue weighted by Crippen LogP contribution is 2.45. The maximum absolute atomic E-state index is 6.14. The van der Waals surface area contributed by atoms with Crippen molar-refractivity contribution < 1.29 is 0 Å². The van der Waals surface area contributed by atoms with Gasteiger partial charge in [0.05, 0.1) is 6.04 Å². The third-order valence-electron chi connectivity index (χ3n) is 4.87. The topological polar surface area (TPSA) is 54.2 Å². The van der Waals surface area contributed by atoms with Crippen molar-refractivity contribution >= 4 is 5.82 Å². The van der Waals surface area contributed by atoms with E-state index in [1.807, 2.05) is 13.1 Å². The van der Waals surface area contributed by atoms with Crippen molar-refractivity contribution in [3.63, 3.8) is 0 Å². The lowest BCUT2D eigenvalue weighted by Crippen LogP contribution is -2.54. The smallest absolute Gasteiger partial charge is 0.128 e. The van der Waals surface area contributed by atoms with Gasteiger partial charge < -0.3 is 11.1 Å². The van der Waals surface area contributed by atoms with Gasteiger partial charge in [0.15, 0.2) is 0 Å². The summed E-state index contributed by atoms with van der Waals surface area (Å²) in [6.45, 7) is 6.66. The molecule has 20 heavy (non-hydrogen) atoms. The summed E-state index contributed by atoms with van der Waals surface area (Å²) < 4.78 is 0. The lowest BCUT2D eigenvalue weighted by Gasteiger charge is -2.46. The molecule has 1 atom stereocenters. The van der Waals surface area contributed by atoms with Gasteiger partial charge in [-0.25, -0.2) is 4.98 Å². The van der Waals surface area contributed by atoms with E-state index >= 15 is 0 Å². The monoisotopic (exact) mass is 276 g/mol. The summed E-state index contributed by atoms with van der Waals surface area (Å²) in [4.78, 5) is 6.89. The fraction of sp³-hybridized carbons (Fsp3) is 0.688. The van der Waals surface area contributed by atoms with E-state index in [9.17, 15) is 0 Å². The van der Waals surface area contributed by atoms with Crippen LogP contribution in [0.3, 0.4) is 0 Å². The molecule has 0 saturated heterocycles. The fourth-order valence-corrected chi connectivity index (χ4v) is 4.02. The molecule has 0 radical (unpaired) electrons. The molecule has 112 valence electrons. The Balaban J connectivity index is 2.43. The highest BCUT2D eigenvalue weighted by Gasteiger charge is 2.45. The van der Waals surface area contributed by atoms with Crippen molar-refractivity contribution in [2.45, 2.75) is 51.1 Å². The number of likely N-dealkylation sites (N-methyl/N-ethyl adjacent to an activating group) is 2. The molecule has 3 N–H and O–H groups in total. The molecule has 0 amide bonds. The normalized spacial score (nSPS) is 19.4. The van der Waals surface area contributed by atoms with Gasteiger partial charge in [0.25, 0.3) is 0 Å². The molecule has 1 saturated carbocycles. The molecule has 1 unspecified atom stereocenters. The van der Waals surface area contributed by atoms with Crippen LogP contribution in [0.2, 0.25) is 0 Å². The van der Waals surface area contributed by atoms with Crippen LogP contribution in [-0.2, 0) is 0 Å². The number of nitrogens with one attached hydrogen (secondary N) is 1. The fourth-order valence-electron chi connectivity index (χ4n) is 4.02. The molecule has 1 aliphatic carbocycles. The largest absolute Gasteiger partial charge is 0.383 e. The molecule has 1 fully saturated rings. The van der Waals surface area contributed by atoms with E-state index in [4.69, 9.17) is 5.73 Å². The van der Waals surface area contributed by atoms with E-state index in [1.54, 1.807) is 6.20 Å². The zero-order valence-corrected chi connectivity index (χ0v) is 13.0. The Bertz CT molecular complexity index is 422. The van der Waals surface area contributed by atoms with E-state index in [-0.39, 0.29) is 11.6 Å². The van der Waals surface area contributed by atoms with Crippen molar-refractivity contribution in [1.82, 2.24) is 15.2 Å². The Morgan fingerprint density at radius 2 is 2.00 bits per heavy atom. The minimum Gasteiger partial charge on any atom is -0.383 e. The first kappa shape index (κ1) is 15.3. The van der Waals surface area contributed by atoms with Gasteiger partial charge in [-0.2, -0.15) is 0 Å². The van der Waals surface area contributed by atoms with E-state index in [0.29, 0.717) is 5.82 Å². The first-order valence-electron chi connectivity index (χ1n) is 7.82. The number of rotatable bonds is 6. The minimum absolute atomic E-state index is 0.176. The van der Waals surface area contributed by atoms with Crippen LogP contribution in [0.15, 0.2) is 18.3 Å². The van der Waals surface area contributed by atoms with Gasteiger partial charge in [0, 0.05) is 17.3 Å². The highest BCUT2D eigenvalue weighted by molar-refractivity contribution is 5.43. The van der Waals surface area contributed by atoms with Gasteiger partial charge in [0.2, 0.25) is 0 Å². The molecule has 1 heterocycles. The van der Waals surface area contributed by atoms with Crippen molar-refractivity contribution in [3.8, 4) is 0 Å². The van der Waals surface area contributed by atoms with Crippen LogP contribution in [0.1, 0.15) is 51.1 Å². The molecule has 2 rings (SSSR count). The number of nitrogens with zero attached hydrogens (tertiary/aromatic N) is 2. The summed E-state index contributed by atoms with van der Waals surface area (Å²) in [5, 5.41) is 3.53. The molecule has 0 spiro atoms. The van der Waals surface area contributed by atoms with Crippen molar-refractivity contribution in [1.29, 1.82) is 0 Å². The lowest BCUT2D eigenvalue weighted by atomic mass is 9.82. The predicted octanol–water partition coefficient (Wildman–Crippen LogP) is 2.58. The summed E-state index contributed by atoms with van der Waals surface area (Å²) in [5.74, 6) is 0.658. The maximum Gasteiger partial charge on any atom is 0.128 e. The zero-order chi connectivity index (χ0) is 14.6. The molecular weight excluding hydrogens is 248 g/mol. The lowest BCUT2D eigenvalue weighted by molar-refractivity contribution is 0.0657. The van der Waals surface area contributed by atoms with Crippen LogP contribution in [0, 0.1) is 0 Å². The van der Waals surface area contributed by atoms with Gasteiger partial charge >= 0.3 is 0 Å². The second-order valence-electron chi connectivity index (χ2n) is 5.68. The Hall–Kier alpha value is -1.13. The molecule has 0 aliphatic heterocycles.